The minimum absolute atomic E-state index is 0.769. The van der Waals surface area contributed by atoms with E-state index in [2.05, 4.69) is 30.3 Å². The Bertz CT molecular complexity index is 376. The van der Waals surface area contributed by atoms with Crippen LogP contribution in [0.4, 0.5) is 11.4 Å². The van der Waals surface area contributed by atoms with Crippen molar-refractivity contribution in [2.45, 2.75) is 19.8 Å². The van der Waals surface area contributed by atoms with Crippen molar-refractivity contribution in [3.8, 4) is 0 Å². The van der Waals surface area contributed by atoms with E-state index in [0.717, 1.165) is 18.2 Å². The van der Waals surface area contributed by atoms with Gasteiger partial charge in [-0.2, -0.15) is 0 Å². The Balaban J connectivity index is 1.88. The van der Waals surface area contributed by atoms with Crippen LogP contribution in [0.2, 0.25) is 0 Å². The summed E-state index contributed by atoms with van der Waals surface area (Å²) in [6, 6.07) is 6.06. The number of nitrogens with two attached hydrogens (primary N) is 1. The molecule has 0 spiro atoms. The molecule has 3 nitrogen and oxygen atoms in total. The molecule has 0 saturated carbocycles. The molecule has 3 N–H and O–H groups in total. The molecule has 1 atom stereocenters. The van der Waals surface area contributed by atoms with Gasteiger partial charge in [0.1, 0.15) is 0 Å². The molecule has 2 rings (SSSR count). The third-order valence-electron chi connectivity index (χ3n) is 3.55. The molecular weight excluding hydrogens is 210 g/mol. The Morgan fingerprint density at radius 3 is 3.00 bits per heavy atom. The van der Waals surface area contributed by atoms with Crippen LogP contribution in [0.1, 0.15) is 18.4 Å². The maximum Gasteiger partial charge on any atom is 0.0371 e. The molecule has 94 valence electrons. The second-order valence-electron chi connectivity index (χ2n) is 5.23. The highest BCUT2D eigenvalue weighted by atomic mass is 15.1. The lowest BCUT2D eigenvalue weighted by Crippen LogP contribution is -2.35. The Hall–Kier alpha value is -1.22. The molecule has 0 aromatic heterocycles. The normalized spacial score (nSPS) is 21.4. The number of nitrogen functional groups attached to an aromatic ring is 1. The Labute approximate surface area is 104 Å². The maximum absolute atomic E-state index is 5.75. The van der Waals surface area contributed by atoms with Gasteiger partial charge in [-0.25, -0.2) is 0 Å². The minimum atomic E-state index is 0.769. The highest BCUT2D eigenvalue weighted by Gasteiger charge is 2.16. The Morgan fingerprint density at radius 2 is 2.29 bits per heavy atom. The third-order valence-corrected chi connectivity index (χ3v) is 3.55. The second kappa shape index (κ2) is 5.41. The molecule has 3 heteroatoms. The SMILES string of the molecule is Cc1cc(N)ccc1NCC1CCCN(C)C1. The molecule has 0 radical (unpaired) electrons. The summed E-state index contributed by atoms with van der Waals surface area (Å²) < 4.78 is 0. The number of benzene rings is 1. The van der Waals surface area contributed by atoms with Crippen LogP contribution >= 0.6 is 0 Å². The molecule has 0 bridgehead atoms. The van der Waals surface area contributed by atoms with Crippen molar-refractivity contribution < 1.29 is 0 Å². The van der Waals surface area contributed by atoms with E-state index in [1.807, 2.05) is 12.1 Å². The molecule has 0 aliphatic carbocycles. The zero-order chi connectivity index (χ0) is 12.3. The summed E-state index contributed by atoms with van der Waals surface area (Å²) in [5.41, 5.74) is 9.03. The van der Waals surface area contributed by atoms with Crippen molar-refractivity contribution in [2.75, 3.05) is 37.7 Å². The molecule has 1 saturated heterocycles. The van der Waals surface area contributed by atoms with E-state index in [-0.39, 0.29) is 0 Å². The number of hydrogen-bond acceptors (Lipinski definition) is 3. The van der Waals surface area contributed by atoms with Gasteiger partial charge < -0.3 is 16.0 Å². The fourth-order valence-electron chi connectivity index (χ4n) is 2.58. The van der Waals surface area contributed by atoms with Gasteiger partial charge in [-0.3, -0.25) is 0 Å². The number of nitrogens with one attached hydrogen (secondary N) is 1. The molecule has 1 aliphatic heterocycles. The first-order valence-corrected chi connectivity index (χ1v) is 6.43. The van der Waals surface area contributed by atoms with Crippen molar-refractivity contribution in [3.05, 3.63) is 23.8 Å². The monoisotopic (exact) mass is 233 g/mol. The van der Waals surface area contributed by atoms with Crippen LogP contribution in [-0.2, 0) is 0 Å². The van der Waals surface area contributed by atoms with E-state index < -0.39 is 0 Å². The number of likely N-dealkylation sites (tertiary alicyclic amines) is 1. The van der Waals surface area contributed by atoms with Gasteiger partial charge >= 0.3 is 0 Å². The minimum Gasteiger partial charge on any atom is -0.399 e. The third kappa shape index (κ3) is 3.37. The average Bonchev–Trinajstić information content (AvgIpc) is 2.28. The van der Waals surface area contributed by atoms with Gasteiger partial charge in [-0.1, -0.05) is 0 Å². The van der Waals surface area contributed by atoms with E-state index in [1.54, 1.807) is 0 Å². The van der Waals surface area contributed by atoms with E-state index >= 15 is 0 Å². The lowest BCUT2D eigenvalue weighted by Gasteiger charge is -2.30. The zero-order valence-electron chi connectivity index (χ0n) is 10.9. The molecular formula is C14H23N3. The van der Waals surface area contributed by atoms with E-state index in [9.17, 15) is 0 Å². The predicted molar refractivity (Wildman–Crippen MR) is 74.3 cm³/mol. The lowest BCUT2D eigenvalue weighted by molar-refractivity contribution is 0.217. The van der Waals surface area contributed by atoms with Gasteiger partial charge in [-0.15, -0.1) is 0 Å². The summed E-state index contributed by atoms with van der Waals surface area (Å²) in [7, 11) is 2.21. The van der Waals surface area contributed by atoms with Crippen LogP contribution in [0.3, 0.4) is 0 Å². The molecule has 1 aromatic rings. The quantitative estimate of drug-likeness (QED) is 0.787. The van der Waals surface area contributed by atoms with Crippen molar-refractivity contribution in [1.82, 2.24) is 4.90 Å². The van der Waals surface area contributed by atoms with Crippen molar-refractivity contribution in [2.24, 2.45) is 5.92 Å². The van der Waals surface area contributed by atoms with Crippen LogP contribution in [0.25, 0.3) is 0 Å². The maximum atomic E-state index is 5.75. The number of rotatable bonds is 3. The fourth-order valence-corrected chi connectivity index (χ4v) is 2.58. The van der Waals surface area contributed by atoms with Crippen LogP contribution in [0.5, 0.6) is 0 Å². The topological polar surface area (TPSA) is 41.3 Å². The van der Waals surface area contributed by atoms with Gasteiger partial charge in [0.15, 0.2) is 0 Å². The second-order valence-corrected chi connectivity index (χ2v) is 5.23. The number of aryl methyl sites for hydroxylation is 1. The molecule has 1 fully saturated rings. The predicted octanol–water partition coefficient (Wildman–Crippen LogP) is 2.33. The van der Waals surface area contributed by atoms with E-state index in [4.69, 9.17) is 5.73 Å². The van der Waals surface area contributed by atoms with Gasteiger partial charge in [0.2, 0.25) is 0 Å². The first-order valence-electron chi connectivity index (χ1n) is 6.43. The number of piperidine rings is 1. The Morgan fingerprint density at radius 1 is 1.47 bits per heavy atom. The summed E-state index contributed by atoms with van der Waals surface area (Å²) in [4.78, 5) is 2.42. The van der Waals surface area contributed by atoms with Crippen molar-refractivity contribution >= 4 is 11.4 Å². The van der Waals surface area contributed by atoms with Crippen molar-refractivity contribution in [1.29, 1.82) is 0 Å². The van der Waals surface area contributed by atoms with Gasteiger partial charge in [0.25, 0.3) is 0 Å². The fraction of sp³-hybridized carbons (Fsp3) is 0.571. The summed E-state index contributed by atoms with van der Waals surface area (Å²) in [5, 5.41) is 3.55. The first kappa shape index (κ1) is 12.2. The average molecular weight is 233 g/mol. The lowest BCUT2D eigenvalue weighted by atomic mass is 9.98. The molecule has 17 heavy (non-hydrogen) atoms. The number of nitrogens with zero attached hydrogens (tertiary/aromatic N) is 1. The van der Waals surface area contributed by atoms with Crippen LogP contribution < -0.4 is 11.1 Å². The smallest absolute Gasteiger partial charge is 0.0371 e. The summed E-state index contributed by atoms with van der Waals surface area (Å²) in [5.74, 6) is 0.769. The molecule has 1 unspecified atom stereocenters. The largest absolute Gasteiger partial charge is 0.399 e. The summed E-state index contributed by atoms with van der Waals surface area (Å²) in [6.45, 7) is 5.62. The van der Waals surface area contributed by atoms with E-state index in [1.165, 1.54) is 37.2 Å². The first-order chi connectivity index (χ1) is 8.15. The number of anilines is 2. The summed E-state index contributed by atoms with van der Waals surface area (Å²) in [6.07, 6.45) is 2.66. The van der Waals surface area contributed by atoms with Gasteiger partial charge in [0.05, 0.1) is 0 Å². The number of hydrogen-bond donors (Lipinski definition) is 2. The summed E-state index contributed by atoms with van der Waals surface area (Å²) >= 11 is 0. The highest BCUT2D eigenvalue weighted by Crippen LogP contribution is 2.20. The van der Waals surface area contributed by atoms with Crippen LogP contribution in [-0.4, -0.2) is 31.6 Å². The zero-order valence-corrected chi connectivity index (χ0v) is 10.9. The van der Waals surface area contributed by atoms with Gasteiger partial charge in [-0.05, 0) is 63.0 Å². The van der Waals surface area contributed by atoms with Crippen LogP contribution in [0.15, 0.2) is 18.2 Å². The van der Waals surface area contributed by atoms with Crippen LogP contribution in [0, 0.1) is 12.8 Å². The molecule has 0 amide bonds. The molecule has 1 aliphatic rings. The van der Waals surface area contributed by atoms with Crippen molar-refractivity contribution in [3.63, 3.8) is 0 Å². The Kier molecular flexibility index (Phi) is 3.89. The standard InChI is InChI=1S/C14H23N3/c1-11-8-13(15)5-6-14(11)16-9-12-4-3-7-17(2)10-12/h5-6,8,12,16H,3-4,7,9-10,15H2,1-2H3. The van der Waals surface area contributed by atoms with E-state index in [0.29, 0.717) is 0 Å². The van der Waals surface area contributed by atoms with Gasteiger partial charge in [0, 0.05) is 24.5 Å². The molecule has 1 aromatic carbocycles. The highest BCUT2D eigenvalue weighted by molar-refractivity contribution is 5.57. The molecule has 1 heterocycles.